The van der Waals surface area contributed by atoms with Gasteiger partial charge >= 0.3 is 6.18 Å². The van der Waals surface area contributed by atoms with E-state index in [4.69, 9.17) is 0 Å². The average molecular weight is 530 g/mol. The number of anilines is 4. The van der Waals surface area contributed by atoms with Crippen LogP contribution >= 0.6 is 0 Å². The zero-order valence-corrected chi connectivity index (χ0v) is 20.4. The Morgan fingerprint density at radius 3 is 2.03 bits per heavy atom. The van der Waals surface area contributed by atoms with Gasteiger partial charge in [0.2, 0.25) is 5.91 Å². The summed E-state index contributed by atoms with van der Waals surface area (Å²) in [4.78, 5) is 30.0. The average Bonchev–Trinajstić information content (AvgIpc) is 2.93. The van der Waals surface area contributed by atoms with Crippen LogP contribution in [0.2, 0.25) is 0 Å². The Balaban J connectivity index is 1.64. The molecule has 5 rings (SSSR count). The largest absolute Gasteiger partial charge is 0.417 e. The summed E-state index contributed by atoms with van der Waals surface area (Å²) in [6, 6.07) is 28.1. The zero-order valence-electron chi connectivity index (χ0n) is 20.4. The van der Waals surface area contributed by atoms with Gasteiger partial charge in [-0.15, -0.1) is 0 Å². The molecule has 0 aliphatic rings. The molecule has 0 spiro atoms. The Bertz CT molecular complexity index is 1670. The molecule has 3 N–H and O–H groups in total. The Hall–Kier alpha value is -5.12. The van der Waals surface area contributed by atoms with Gasteiger partial charge in [0.25, 0.3) is 0 Å². The maximum absolute atomic E-state index is 14.2. The van der Waals surface area contributed by atoms with Crippen molar-refractivity contribution in [3.05, 3.63) is 119 Å². The van der Waals surface area contributed by atoms with Crippen LogP contribution < -0.4 is 21.4 Å². The minimum absolute atomic E-state index is 0.209. The topological polar surface area (TPSA) is 88.1 Å². The fraction of sp³-hybridized carbons (Fsp3) is 0.0690. The van der Waals surface area contributed by atoms with Gasteiger partial charge in [-0.2, -0.15) is 13.2 Å². The highest BCUT2D eigenvalue weighted by Gasteiger charge is 2.35. The Morgan fingerprint density at radius 2 is 1.41 bits per heavy atom. The maximum atomic E-state index is 14.2. The van der Waals surface area contributed by atoms with Crippen molar-refractivity contribution in [1.29, 1.82) is 0 Å². The lowest BCUT2D eigenvalue weighted by molar-refractivity contribution is -0.136. The number of halogens is 3. The molecule has 0 bridgehead atoms. The number of para-hydroxylation sites is 3. The van der Waals surface area contributed by atoms with Crippen molar-refractivity contribution in [3.8, 4) is 5.69 Å². The second-order valence-corrected chi connectivity index (χ2v) is 8.57. The van der Waals surface area contributed by atoms with Gasteiger partial charge in [0.15, 0.2) is 11.1 Å². The van der Waals surface area contributed by atoms with Crippen molar-refractivity contribution in [2.24, 2.45) is 0 Å². The molecule has 0 saturated carbocycles. The summed E-state index contributed by atoms with van der Waals surface area (Å²) in [6.07, 6.45) is -4.86. The second kappa shape index (κ2) is 10.7. The van der Waals surface area contributed by atoms with Gasteiger partial charge in [-0.05, 0) is 42.5 Å². The number of alkyl halides is 3. The SMILES string of the molecule is O=C(CNc1cc(C(F)(F)F)c2c(=O)cc(Nc3ccccc3)n(-c3ccccc3)c2n1)Nc1ccccc1. The minimum atomic E-state index is -4.86. The minimum Gasteiger partial charge on any atom is -0.361 e. The van der Waals surface area contributed by atoms with Crippen LogP contribution in [0.15, 0.2) is 108 Å². The molecule has 39 heavy (non-hydrogen) atoms. The van der Waals surface area contributed by atoms with Gasteiger partial charge in [-0.3, -0.25) is 14.2 Å². The second-order valence-electron chi connectivity index (χ2n) is 8.57. The Labute approximate surface area is 220 Å². The van der Waals surface area contributed by atoms with Gasteiger partial charge in [0, 0.05) is 23.1 Å². The molecule has 0 saturated heterocycles. The first-order chi connectivity index (χ1) is 18.8. The van der Waals surface area contributed by atoms with Crippen LogP contribution in [0, 0.1) is 0 Å². The first-order valence-corrected chi connectivity index (χ1v) is 11.9. The van der Waals surface area contributed by atoms with E-state index in [9.17, 15) is 22.8 Å². The summed E-state index contributed by atoms with van der Waals surface area (Å²) in [7, 11) is 0. The van der Waals surface area contributed by atoms with Gasteiger partial charge in [-0.1, -0.05) is 54.6 Å². The van der Waals surface area contributed by atoms with Crippen molar-refractivity contribution >= 4 is 40.0 Å². The molecule has 7 nitrogen and oxygen atoms in total. The normalized spacial score (nSPS) is 11.3. The van der Waals surface area contributed by atoms with Gasteiger partial charge in [0.05, 0.1) is 17.5 Å². The first kappa shape index (κ1) is 25.5. The predicted molar refractivity (Wildman–Crippen MR) is 146 cm³/mol. The number of carbonyl (C=O) groups excluding carboxylic acids is 1. The lowest BCUT2D eigenvalue weighted by Crippen LogP contribution is -2.23. The number of nitrogens with zero attached hydrogens (tertiary/aromatic N) is 2. The number of aromatic nitrogens is 2. The van der Waals surface area contributed by atoms with Crippen LogP contribution in [0.1, 0.15) is 5.56 Å². The van der Waals surface area contributed by atoms with E-state index in [-0.39, 0.29) is 23.8 Å². The molecule has 3 aromatic carbocycles. The fourth-order valence-corrected chi connectivity index (χ4v) is 4.12. The molecule has 0 atom stereocenters. The van der Waals surface area contributed by atoms with Crippen molar-refractivity contribution in [2.45, 2.75) is 6.18 Å². The molecule has 0 radical (unpaired) electrons. The quantitative estimate of drug-likeness (QED) is 0.234. The van der Waals surface area contributed by atoms with E-state index < -0.39 is 28.5 Å². The molecule has 5 aromatic rings. The summed E-state index contributed by atoms with van der Waals surface area (Å²) in [5, 5.41) is 7.87. The van der Waals surface area contributed by atoms with Crippen molar-refractivity contribution in [3.63, 3.8) is 0 Å². The molecule has 0 fully saturated rings. The third-order valence-electron chi connectivity index (χ3n) is 5.82. The number of hydrogen-bond donors (Lipinski definition) is 3. The number of carbonyl (C=O) groups is 1. The molecule has 2 heterocycles. The van der Waals surface area contributed by atoms with Crippen LogP contribution in [0.5, 0.6) is 0 Å². The van der Waals surface area contributed by atoms with Crippen molar-refractivity contribution in [2.75, 3.05) is 22.5 Å². The highest BCUT2D eigenvalue weighted by molar-refractivity contribution is 5.94. The maximum Gasteiger partial charge on any atom is 0.417 e. The molecule has 0 aliphatic carbocycles. The first-order valence-electron chi connectivity index (χ1n) is 11.9. The number of rotatable bonds is 7. The van der Waals surface area contributed by atoms with E-state index in [1.165, 1.54) is 4.57 Å². The number of hydrogen-bond acceptors (Lipinski definition) is 5. The molecular formula is C29H22F3N5O2. The molecule has 10 heteroatoms. The summed E-state index contributed by atoms with van der Waals surface area (Å²) < 4.78 is 44.2. The fourth-order valence-electron chi connectivity index (χ4n) is 4.12. The summed E-state index contributed by atoms with van der Waals surface area (Å²) in [6.45, 7) is -0.345. The smallest absolute Gasteiger partial charge is 0.361 e. The monoisotopic (exact) mass is 529 g/mol. The molecule has 0 unspecified atom stereocenters. The van der Waals surface area contributed by atoms with E-state index in [1.54, 1.807) is 84.9 Å². The van der Waals surface area contributed by atoms with E-state index in [2.05, 4.69) is 20.9 Å². The van der Waals surface area contributed by atoms with Crippen molar-refractivity contribution < 1.29 is 18.0 Å². The van der Waals surface area contributed by atoms with E-state index in [1.807, 2.05) is 6.07 Å². The molecular weight excluding hydrogens is 507 g/mol. The summed E-state index contributed by atoms with van der Waals surface area (Å²) in [5.41, 5.74) is -0.554. The zero-order chi connectivity index (χ0) is 27.4. The van der Waals surface area contributed by atoms with Gasteiger partial charge < -0.3 is 16.0 Å². The van der Waals surface area contributed by atoms with E-state index in [0.29, 0.717) is 17.1 Å². The third-order valence-corrected chi connectivity index (χ3v) is 5.82. The molecule has 0 aliphatic heterocycles. The molecule has 196 valence electrons. The molecule has 1 amide bonds. The number of benzene rings is 3. The number of fused-ring (bicyclic) bond motifs is 1. The standard InChI is InChI=1S/C29H22F3N5O2/c30-29(31,32)22-16-24(33-18-26(39)35-20-12-6-2-7-13-20)36-28-27(22)23(38)17-25(34-19-10-4-1-5-11-19)37(28)21-14-8-3-9-15-21/h1-17,34H,18H2,(H,33,36)(H,35,39). The summed E-state index contributed by atoms with van der Waals surface area (Å²) >= 11 is 0. The lowest BCUT2D eigenvalue weighted by Gasteiger charge is -2.20. The van der Waals surface area contributed by atoms with Crippen molar-refractivity contribution in [1.82, 2.24) is 9.55 Å². The number of pyridine rings is 2. The van der Waals surface area contributed by atoms with Crippen LogP contribution in [0.3, 0.4) is 0 Å². The van der Waals surface area contributed by atoms with E-state index in [0.717, 1.165) is 12.1 Å². The van der Waals surface area contributed by atoms with Crippen LogP contribution in [0.25, 0.3) is 16.7 Å². The summed E-state index contributed by atoms with van der Waals surface area (Å²) in [5.74, 6) is -0.458. The highest BCUT2D eigenvalue weighted by Crippen LogP contribution is 2.36. The highest BCUT2D eigenvalue weighted by atomic mass is 19.4. The third kappa shape index (κ3) is 5.74. The van der Waals surface area contributed by atoms with Crippen LogP contribution in [0.4, 0.5) is 36.2 Å². The van der Waals surface area contributed by atoms with E-state index >= 15 is 0 Å². The Kier molecular flexibility index (Phi) is 7.00. The Morgan fingerprint density at radius 1 is 0.821 bits per heavy atom. The van der Waals surface area contributed by atoms with Crippen LogP contribution in [-0.2, 0) is 11.0 Å². The number of amides is 1. The predicted octanol–water partition coefficient (Wildman–Crippen LogP) is 6.20. The van der Waals surface area contributed by atoms with Gasteiger partial charge in [-0.25, -0.2) is 4.98 Å². The van der Waals surface area contributed by atoms with Crippen LogP contribution in [-0.4, -0.2) is 22.0 Å². The molecule has 2 aromatic heterocycles. The number of nitrogens with one attached hydrogen (secondary N) is 3. The van der Waals surface area contributed by atoms with Gasteiger partial charge in [0.1, 0.15) is 11.6 Å². The lowest BCUT2D eigenvalue weighted by atomic mass is 10.1.